The summed E-state index contributed by atoms with van der Waals surface area (Å²) in [6.45, 7) is 0. The standard InChI is InChI=1S/C11H9NO3/c1-15-9-5-4-8(11(13)14)10-7(9)3-2-6-12-10/h2-6H,1H3,(H,13,14). The summed E-state index contributed by atoms with van der Waals surface area (Å²) in [5.41, 5.74) is 0.635. The monoisotopic (exact) mass is 203 g/mol. The molecule has 0 unspecified atom stereocenters. The molecule has 4 nitrogen and oxygen atoms in total. The second kappa shape index (κ2) is 3.57. The Morgan fingerprint density at radius 2 is 2.20 bits per heavy atom. The largest absolute Gasteiger partial charge is 0.496 e. The fourth-order valence-electron chi connectivity index (χ4n) is 1.50. The minimum atomic E-state index is -0.985. The van der Waals surface area contributed by atoms with Gasteiger partial charge in [-0.1, -0.05) is 0 Å². The number of benzene rings is 1. The van der Waals surface area contributed by atoms with Crippen LogP contribution in [0.15, 0.2) is 30.5 Å². The zero-order valence-corrected chi connectivity index (χ0v) is 8.10. The van der Waals surface area contributed by atoms with Gasteiger partial charge in [0.25, 0.3) is 0 Å². The molecule has 0 aliphatic carbocycles. The van der Waals surface area contributed by atoms with Crippen LogP contribution in [-0.2, 0) is 0 Å². The Bertz CT molecular complexity index is 522. The number of carboxylic acid groups (broad SMARTS) is 1. The molecule has 1 aromatic carbocycles. The number of pyridine rings is 1. The molecule has 1 aromatic heterocycles. The van der Waals surface area contributed by atoms with Gasteiger partial charge >= 0.3 is 5.97 Å². The highest BCUT2D eigenvalue weighted by molar-refractivity contribution is 6.03. The first-order valence-electron chi connectivity index (χ1n) is 4.39. The summed E-state index contributed by atoms with van der Waals surface area (Å²) in [5, 5.41) is 9.67. The van der Waals surface area contributed by atoms with E-state index in [-0.39, 0.29) is 5.56 Å². The minimum absolute atomic E-state index is 0.186. The van der Waals surface area contributed by atoms with Gasteiger partial charge in [-0.2, -0.15) is 0 Å². The van der Waals surface area contributed by atoms with Crippen LogP contribution >= 0.6 is 0 Å². The normalized spacial score (nSPS) is 10.2. The van der Waals surface area contributed by atoms with E-state index >= 15 is 0 Å². The molecule has 0 atom stereocenters. The molecule has 0 aliphatic heterocycles. The molecule has 1 heterocycles. The maximum atomic E-state index is 10.9. The van der Waals surface area contributed by atoms with Gasteiger partial charge in [0.15, 0.2) is 0 Å². The van der Waals surface area contributed by atoms with Crippen molar-refractivity contribution in [1.29, 1.82) is 0 Å². The number of ether oxygens (including phenoxy) is 1. The zero-order chi connectivity index (χ0) is 10.8. The SMILES string of the molecule is COc1ccc(C(=O)O)c2ncccc12. The molecule has 4 heteroatoms. The first-order valence-corrected chi connectivity index (χ1v) is 4.39. The molecule has 0 amide bonds. The van der Waals surface area contributed by atoms with E-state index in [4.69, 9.17) is 9.84 Å². The first-order chi connectivity index (χ1) is 7.24. The lowest BCUT2D eigenvalue weighted by molar-refractivity contribution is 0.0699. The van der Waals surface area contributed by atoms with Gasteiger partial charge in [0.1, 0.15) is 5.75 Å². The van der Waals surface area contributed by atoms with Gasteiger partial charge in [-0.25, -0.2) is 4.79 Å². The second-order valence-electron chi connectivity index (χ2n) is 3.02. The number of aromatic nitrogens is 1. The molecular formula is C11H9NO3. The van der Waals surface area contributed by atoms with Crippen molar-refractivity contribution in [3.8, 4) is 5.75 Å². The van der Waals surface area contributed by atoms with E-state index in [1.165, 1.54) is 6.07 Å². The van der Waals surface area contributed by atoms with Crippen LogP contribution < -0.4 is 4.74 Å². The maximum Gasteiger partial charge on any atom is 0.337 e. The molecule has 0 saturated carbocycles. The molecule has 0 radical (unpaired) electrons. The smallest absolute Gasteiger partial charge is 0.337 e. The number of hydrogen-bond donors (Lipinski definition) is 1. The van der Waals surface area contributed by atoms with Crippen molar-refractivity contribution >= 4 is 16.9 Å². The highest BCUT2D eigenvalue weighted by Gasteiger charge is 2.11. The van der Waals surface area contributed by atoms with Gasteiger partial charge in [-0.15, -0.1) is 0 Å². The number of aromatic carboxylic acids is 1. The van der Waals surface area contributed by atoms with Crippen molar-refractivity contribution in [1.82, 2.24) is 4.98 Å². The molecule has 0 spiro atoms. The predicted octanol–water partition coefficient (Wildman–Crippen LogP) is 1.94. The van der Waals surface area contributed by atoms with Crippen molar-refractivity contribution in [3.63, 3.8) is 0 Å². The quantitative estimate of drug-likeness (QED) is 0.810. The Labute approximate surface area is 86.1 Å². The molecule has 1 N–H and O–H groups in total. The van der Waals surface area contributed by atoms with Crippen LogP contribution in [0.3, 0.4) is 0 Å². The maximum absolute atomic E-state index is 10.9. The van der Waals surface area contributed by atoms with Crippen LogP contribution in [0.25, 0.3) is 10.9 Å². The van der Waals surface area contributed by atoms with Crippen molar-refractivity contribution in [2.75, 3.05) is 7.11 Å². The lowest BCUT2D eigenvalue weighted by Gasteiger charge is -2.06. The average Bonchev–Trinajstić information content (AvgIpc) is 2.27. The van der Waals surface area contributed by atoms with Crippen molar-refractivity contribution in [2.45, 2.75) is 0 Å². The molecule has 0 aliphatic rings. The van der Waals surface area contributed by atoms with Gasteiger partial charge in [-0.3, -0.25) is 4.98 Å². The van der Waals surface area contributed by atoms with Crippen molar-refractivity contribution in [2.24, 2.45) is 0 Å². The molecule has 0 saturated heterocycles. The molecule has 15 heavy (non-hydrogen) atoms. The third-order valence-corrected chi connectivity index (χ3v) is 2.18. The Morgan fingerprint density at radius 1 is 1.40 bits per heavy atom. The highest BCUT2D eigenvalue weighted by Crippen LogP contribution is 2.26. The van der Waals surface area contributed by atoms with Gasteiger partial charge in [0.2, 0.25) is 0 Å². The summed E-state index contributed by atoms with van der Waals surface area (Å²) in [6, 6.07) is 6.66. The van der Waals surface area contributed by atoms with Crippen LogP contribution in [0, 0.1) is 0 Å². The van der Waals surface area contributed by atoms with Crippen LogP contribution in [-0.4, -0.2) is 23.2 Å². The number of fused-ring (bicyclic) bond motifs is 1. The average molecular weight is 203 g/mol. The third-order valence-electron chi connectivity index (χ3n) is 2.18. The molecule has 0 fully saturated rings. The van der Waals surface area contributed by atoms with E-state index in [2.05, 4.69) is 4.98 Å². The Kier molecular flexibility index (Phi) is 2.25. The van der Waals surface area contributed by atoms with E-state index in [9.17, 15) is 4.79 Å². The fourth-order valence-corrected chi connectivity index (χ4v) is 1.50. The summed E-state index contributed by atoms with van der Waals surface area (Å²) in [7, 11) is 1.54. The summed E-state index contributed by atoms with van der Waals surface area (Å²) in [6.07, 6.45) is 1.56. The zero-order valence-electron chi connectivity index (χ0n) is 8.10. The minimum Gasteiger partial charge on any atom is -0.496 e. The van der Waals surface area contributed by atoms with Gasteiger partial charge < -0.3 is 9.84 Å². The van der Waals surface area contributed by atoms with Crippen LogP contribution in [0.5, 0.6) is 5.75 Å². The fraction of sp³-hybridized carbons (Fsp3) is 0.0909. The van der Waals surface area contributed by atoms with Gasteiger partial charge in [0, 0.05) is 11.6 Å². The topological polar surface area (TPSA) is 59.4 Å². The molecular weight excluding hydrogens is 194 g/mol. The summed E-state index contributed by atoms with van der Waals surface area (Å²) < 4.78 is 5.13. The number of hydrogen-bond acceptors (Lipinski definition) is 3. The van der Waals surface area contributed by atoms with Gasteiger partial charge in [0.05, 0.1) is 18.2 Å². The van der Waals surface area contributed by atoms with E-state index in [1.807, 2.05) is 0 Å². The van der Waals surface area contributed by atoms with Crippen molar-refractivity contribution in [3.05, 3.63) is 36.0 Å². The van der Waals surface area contributed by atoms with Crippen LogP contribution in [0.1, 0.15) is 10.4 Å². The summed E-state index contributed by atoms with van der Waals surface area (Å²) in [4.78, 5) is 15.0. The van der Waals surface area contributed by atoms with Crippen molar-refractivity contribution < 1.29 is 14.6 Å². The Balaban J connectivity index is 2.83. The number of methoxy groups -OCH3 is 1. The number of rotatable bonds is 2. The lowest BCUT2D eigenvalue weighted by atomic mass is 10.1. The second-order valence-corrected chi connectivity index (χ2v) is 3.02. The predicted molar refractivity (Wildman–Crippen MR) is 55.3 cm³/mol. The Hall–Kier alpha value is -2.10. The van der Waals surface area contributed by atoms with E-state index in [0.717, 1.165) is 0 Å². The van der Waals surface area contributed by atoms with E-state index in [1.54, 1.807) is 31.5 Å². The first kappa shape index (κ1) is 9.45. The highest BCUT2D eigenvalue weighted by atomic mass is 16.5. The third kappa shape index (κ3) is 1.50. The molecule has 2 aromatic rings. The van der Waals surface area contributed by atoms with Crippen LogP contribution in [0.4, 0.5) is 0 Å². The molecule has 0 bridgehead atoms. The molecule has 2 rings (SSSR count). The van der Waals surface area contributed by atoms with E-state index < -0.39 is 5.97 Å². The van der Waals surface area contributed by atoms with Gasteiger partial charge in [-0.05, 0) is 24.3 Å². The summed E-state index contributed by atoms with van der Waals surface area (Å²) >= 11 is 0. The lowest BCUT2D eigenvalue weighted by Crippen LogP contribution is -1.99. The number of nitrogens with zero attached hydrogens (tertiary/aromatic N) is 1. The van der Waals surface area contributed by atoms with Crippen LogP contribution in [0.2, 0.25) is 0 Å². The van der Waals surface area contributed by atoms with E-state index in [0.29, 0.717) is 16.7 Å². The number of carbonyl (C=O) groups is 1. The summed E-state index contributed by atoms with van der Waals surface area (Å²) in [5.74, 6) is -0.357. The molecule has 76 valence electrons. The number of carboxylic acids is 1. The Morgan fingerprint density at radius 3 is 2.87 bits per heavy atom.